The number of rotatable bonds is 2. The van der Waals surface area contributed by atoms with Crippen molar-refractivity contribution in [2.75, 3.05) is 32.6 Å². The average Bonchev–Trinajstić information content (AvgIpc) is 2.30. The molecule has 0 radical (unpaired) electrons. The molecule has 0 aliphatic carbocycles. The highest BCUT2D eigenvalue weighted by Gasteiger charge is 2.22. The molecule has 2 rings (SSSR count). The zero-order valence-electron chi connectivity index (χ0n) is 11.4. The van der Waals surface area contributed by atoms with Gasteiger partial charge in [-0.3, -0.25) is 4.90 Å². The van der Waals surface area contributed by atoms with Crippen molar-refractivity contribution in [2.45, 2.75) is 32.2 Å². The molecule has 3 nitrogen and oxygen atoms in total. The molecular weight excluding hydrogens is 210 g/mol. The molecule has 94 valence electrons. The Labute approximate surface area is 104 Å². The van der Waals surface area contributed by atoms with Gasteiger partial charge in [-0.05, 0) is 50.6 Å². The maximum absolute atomic E-state index is 4.55. The zero-order chi connectivity index (χ0) is 12.4. The van der Waals surface area contributed by atoms with Crippen molar-refractivity contribution in [1.29, 1.82) is 0 Å². The molecule has 1 saturated heterocycles. The molecule has 1 aliphatic rings. The predicted molar refractivity (Wildman–Crippen MR) is 72.5 cm³/mol. The van der Waals surface area contributed by atoms with Crippen LogP contribution in [0, 0.1) is 6.92 Å². The minimum Gasteiger partial charge on any atom is -0.363 e. The SMILES string of the molecule is Cc1cc(N(C)C)ncc1[C@H]1CCCCN1C. The minimum atomic E-state index is 0.562. The van der Waals surface area contributed by atoms with Gasteiger partial charge < -0.3 is 4.90 Å². The van der Waals surface area contributed by atoms with E-state index in [1.54, 1.807) is 0 Å². The molecule has 0 bridgehead atoms. The molecule has 0 aromatic carbocycles. The first-order valence-corrected chi connectivity index (χ1v) is 6.43. The minimum absolute atomic E-state index is 0.562. The standard InChI is InChI=1S/C14H23N3/c1-11-9-14(16(2)3)15-10-12(11)13-7-5-6-8-17(13)4/h9-10,13H,5-8H2,1-4H3/t13-/m1/s1. The molecule has 0 spiro atoms. The lowest BCUT2D eigenvalue weighted by molar-refractivity contribution is 0.186. The molecule has 2 heterocycles. The molecule has 1 aromatic heterocycles. The highest BCUT2D eigenvalue weighted by atomic mass is 15.1. The van der Waals surface area contributed by atoms with Gasteiger partial charge >= 0.3 is 0 Å². The summed E-state index contributed by atoms with van der Waals surface area (Å²) in [7, 11) is 6.30. The van der Waals surface area contributed by atoms with Gasteiger partial charge in [-0.25, -0.2) is 4.98 Å². The molecule has 0 saturated carbocycles. The summed E-state index contributed by atoms with van der Waals surface area (Å²) in [6, 6.07) is 2.75. The maximum Gasteiger partial charge on any atom is 0.128 e. The second-order valence-electron chi connectivity index (χ2n) is 5.29. The lowest BCUT2D eigenvalue weighted by Crippen LogP contribution is -2.30. The molecule has 3 heteroatoms. The lowest BCUT2D eigenvalue weighted by Gasteiger charge is -2.33. The fourth-order valence-electron chi connectivity index (χ4n) is 2.61. The third-order valence-electron chi connectivity index (χ3n) is 3.72. The topological polar surface area (TPSA) is 19.4 Å². The van der Waals surface area contributed by atoms with Gasteiger partial charge in [-0.1, -0.05) is 6.42 Å². The van der Waals surface area contributed by atoms with Gasteiger partial charge in [0, 0.05) is 26.3 Å². The average molecular weight is 233 g/mol. The van der Waals surface area contributed by atoms with E-state index >= 15 is 0 Å². The van der Waals surface area contributed by atoms with Gasteiger partial charge in [-0.15, -0.1) is 0 Å². The van der Waals surface area contributed by atoms with E-state index in [9.17, 15) is 0 Å². The quantitative estimate of drug-likeness (QED) is 0.783. The fourth-order valence-corrected chi connectivity index (χ4v) is 2.61. The first-order chi connectivity index (χ1) is 8.09. The molecule has 0 amide bonds. The maximum atomic E-state index is 4.55. The first-order valence-electron chi connectivity index (χ1n) is 6.43. The largest absolute Gasteiger partial charge is 0.363 e. The summed E-state index contributed by atoms with van der Waals surface area (Å²) >= 11 is 0. The zero-order valence-corrected chi connectivity index (χ0v) is 11.4. The third kappa shape index (κ3) is 2.60. The number of pyridine rings is 1. The number of anilines is 1. The van der Waals surface area contributed by atoms with E-state index in [-0.39, 0.29) is 0 Å². The summed E-state index contributed by atoms with van der Waals surface area (Å²) in [4.78, 5) is 9.07. The van der Waals surface area contributed by atoms with Crippen LogP contribution in [0.4, 0.5) is 5.82 Å². The fraction of sp³-hybridized carbons (Fsp3) is 0.643. The number of hydrogen-bond acceptors (Lipinski definition) is 3. The Morgan fingerprint density at radius 1 is 1.35 bits per heavy atom. The molecule has 17 heavy (non-hydrogen) atoms. The second-order valence-corrected chi connectivity index (χ2v) is 5.29. The monoisotopic (exact) mass is 233 g/mol. The van der Waals surface area contributed by atoms with Crippen molar-refractivity contribution in [3.8, 4) is 0 Å². The Hall–Kier alpha value is -1.09. The van der Waals surface area contributed by atoms with Crippen LogP contribution in [0.3, 0.4) is 0 Å². The highest BCUT2D eigenvalue weighted by Crippen LogP contribution is 2.31. The highest BCUT2D eigenvalue weighted by molar-refractivity contribution is 5.42. The Morgan fingerprint density at radius 3 is 2.71 bits per heavy atom. The van der Waals surface area contributed by atoms with Crippen LogP contribution in [0.25, 0.3) is 0 Å². The van der Waals surface area contributed by atoms with Crippen molar-refractivity contribution in [3.63, 3.8) is 0 Å². The molecule has 1 atom stereocenters. The van der Waals surface area contributed by atoms with Gasteiger partial charge in [0.15, 0.2) is 0 Å². The van der Waals surface area contributed by atoms with E-state index in [2.05, 4.69) is 41.0 Å². The van der Waals surface area contributed by atoms with Gasteiger partial charge in [-0.2, -0.15) is 0 Å². The number of piperidine rings is 1. The van der Waals surface area contributed by atoms with E-state index in [1.165, 1.54) is 36.9 Å². The summed E-state index contributed by atoms with van der Waals surface area (Å²) in [5, 5.41) is 0. The number of nitrogens with zero attached hydrogens (tertiary/aromatic N) is 3. The van der Waals surface area contributed by atoms with Gasteiger partial charge in [0.25, 0.3) is 0 Å². The molecule has 0 N–H and O–H groups in total. The van der Waals surface area contributed by atoms with Crippen molar-refractivity contribution in [1.82, 2.24) is 9.88 Å². The van der Waals surface area contributed by atoms with E-state index in [0.717, 1.165) is 5.82 Å². The van der Waals surface area contributed by atoms with Crippen LogP contribution in [-0.2, 0) is 0 Å². The summed E-state index contributed by atoms with van der Waals surface area (Å²) in [5.74, 6) is 1.05. The van der Waals surface area contributed by atoms with Crippen LogP contribution >= 0.6 is 0 Å². The molecule has 0 unspecified atom stereocenters. The summed E-state index contributed by atoms with van der Waals surface area (Å²) in [5.41, 5.74) is 2.76. The van der Waals surface area contributed by atoms with Crippen LogP contribution in [0.1, 0.15) is 36.4 Å². The van der Waals surface area contributed by atoms with Crippen LogP contribution in [0.5, 0.6) is 0 Å². The molecule has 1 aromatic rings. The third-order valence-corrected chi connectivity index (χ3v) is 3.72. The van der Waals surface area contributed by atoms with Crippen LogP contribution in [0.15, 0.2) is 12.3 Å². The number of hydrogen-bond donors (Lipinski definition) is 0. The summed E-state index contributed by atoms with van der Waals surface area (Å²) in [6.07, 6.45) is 6.00. The Morgan fingerprint density at radius 2 is 2.12 bits per heavy atom. The van der Waals surface area contributed by atoms with Gasteiger partial charge in [0.2, 0.25) is 0 Å². The van der Waals surface area contributed by atoms with E-state index in [4.69, 9.17) is 0 Å². The smallest absolute Gasteiger partial charge is 0.128 e. The Bertz CT molecular complexity index is 387. The van der Waals surface area contributed by atoms with Gasteiger partial charge in [0.05, 0.1) is 0 Å². The van der Waals surface area contributed by atoms with Crippen molar-refractivity contribution >= 4 is 5.82 Å². The molecule has 1 fully saturated rings. The lowest BCUT2D eigenvalue weighted by atomic mass is 9.94. The van der Waals surface area contributed by atoms with Crippen LogP contribution < -0.4 is 4.90 Å². The van der Waals surface area contributed by atoms with Crippen molar-refractivity contribution < 1.29 is 0 Å². The number of likely N-dealkylation sites (tertiary alicyclic amines) is 1. The Kier molecular flexibility index (Phi) is 3.67. The summed E-state index contributed by atoms with van der Waals surface area (Å²) < 4.78 is 0. The first kappa shape index (κ1) is 12.4. The van der Waals surface area contributed by atoms with E-state index in [1.807, 2.05) is 14.1 Å². The second kappa shape index (κ2) is 5.05. The van der Waals surface area contributed by atoms with E-state index < -0.39 is 0 Å². The molecular formula is C14H23N3. The van der Waals surface area contributed by atoms with Gasteiger partial charge in [0.1, 0.15) is 5.82 Å². The predicted octanol–water partition coefficient (Wildman–Crippen LogP) is 2.61. The van der Waals surface area contributed by atoms with Crippen molar-refractivity contribution in [2.24, 2.45) is 0 Å². The van der Waals surface area contributed by atoms with Crippen molar-refractivity contribution in [3.05, 3.63) is 23.4 Å². The van der Waals surface area contributed by atoms with E-state index in [0.29, 0.717) is 6.04 Å². The summed E-state index contributed by atoms with van der Waals surface area (Å²) in [6.45, 7) is 3.41. The van der Waals surface area contributed by atoms with Crippen LogP contribution in [-0.4, -0.2) is 37.6 Å². The molecule has 1 aliphatic heterocycles. The van der Waals surface area contributed by atoms with Crippen LogP contribution in [0.2, 0.25) is 0 Å². The Balaban J connectivity index is 2.26. The normalized spacial score (nSPS) is 21.5. The number of aryl methyl sites for hydroxylation is 1. The number of aromatic nitrogens is 1.